The first-order valence-electron chi connectivity index (χ1n) is 10.3. The van der Waals surface area contributed by atoms with Gasteiger partial charge in [0, 0.05) is 0 Å². The zero-order valence-electron chi connectivity index (χ0n) is 18.3. The quantitative estimate of drug-likeness (QED) is 0.139. The van der Waals surface area contributed by atoms with Gasteiger partial charge in [-0.05, 0) is 45.1 Å². The number of amides is 4. The molecule has 0 spiro atoms. The van der Waals surface area contributed by atoms with Crippen LogP contribution in [0.5, 0.6) is 0 Å². The van der Waals surface area contributed by atoms with Crippen LogP contribution in [0.3, 0.4) is 0 Å². The summed E-state index contributed by atoms with van der Waals surface area (Å²) in [5.74, 6) is -3.94. The number of nitrogens with two attached hydrogens (primary N) is 3. The molecular weight excluding hydrogens is 408 g/mol. The number of aliphatic carboxylic acids is 1. The van der Waals surface area contributed by atoms with E-state index in [4.69, 9.17) is 22.3 Å². The highest BCUT2D eigenvalue weighted by molar-refractivity contribution is 5.94. The highest BCUT2D eigenvalue weighted by Crippen LogP contribution is 2.08. The van der Waals surface area contributed by atoms with Crippen LogP contribution in [-0.4, -0.2) is 65.4 Å². The molecule has 0 aliphatic heterocycles. The van der Waals surface area contributed by atoms with Gasteiger partial charge in [-0.25, -0.2) is 0 Å². The van der Waals surface area contributed by atoms with Crippen molar-refractivity contribution in [3.63, 3.8) is 0 Å². The summed E-state index contributed by atoms with van der Waals surface area (Å²) in [6, 6.07) is -4.36. The van der Waals surface area contributed by atoms with Gasteiger partial charge in [-0.1, -0.05) is 13.8 Å². The van der Waals surface area contributed by atoms with E-state index in [-0.39, 0.29) is 25.2 Å². The van der Waals surface area contributed by atoms with Crippen LogP contribution < -0.4 is 33.2 Å². The van der Waals surface area contributed by atoms with E-state index in [1.807, 2.05) is 13.8 Å². The van der Waals surface area contributed by atoms with Crippen LogP contribution in [0.15, 0.2) is 0 Å². The Labute approximate surface area is 182 Å². The Morgan fingerprint density at radius 1 is 0.871 bits per heavy atom. The second-order valence-electron chi connectivity index (χ2n) is 7.88. The maximum Gasteiger partial charge on any atom is 0.325 e. The zero-order valence-corrected chi connectivity index (χ0v) is 18.3. The molecule has 0 aromatic heterocycles. The van der Waals surface area contributed by atoms with E-state index in [1.165, 1.54) is 6.92 Å². The Balaban J connectivity index is 5.35. The van der Waals surface area contributed by atoms with Gasteiger partial charge >= 0.3 is 5.97 Å². The molecule has 4 unspecified atom stereocenters. The summed E-state index contributed by atoms with van der Waals surface area (Å²) in [5.41, 5.74) is 16.2. The SMILES string of the molecule is CC(C)CC(NC(=O)C(CCCCN)NC(=O)C(N)CC(N)=O)C(=O)NC(C)C(=O)O. The van der Waals surface area contributed by atoms with Gasteiger partial charge in [0.05, 0.1) is 12.5 Å². The smallest absolute Gasteiger partial charge is 0.325 e. The Morgan fingerprint density at radius 3 is 1.90 bits per heavy atom. The monoisotopic (exact) mass is 444 g/mol. The second-order valence-corrected chi connectivity index (χ2v) is 7.88. The van der Waals surface area contributed by atoms with E-state index in [0.717, 1.165) is 0 Å². The van der Waals surface area contributed by atoms with E-state index in [0.29, 0.717) is 19.4 Å². The van der Waals surface area contributed by atoms with E-state index >= 15 is 0 Å². The lowest BCUT2D eigenvalue weighted by Crippen LogP contribution is -2.57. The number of carbonyl (C=O) groups is 5. The highest BCUT2D eigenvalue weighted by Gasteiger charge is 2.29. The number of hydrogen-bond acceptors (Lipinski definition) is 7. The molecule has 0 rings (SSSR count). The molecule has 12 heteroatoms. The molecular formula is C19H36N6O6. The summed E-state index contributed by atoms with van der Waals surface area (Å²) in [7, 11) is 0. The van der Waals surface area contributed by atoms with Crippen molar-refractivity contribution in [2.75, 3.05) is 6.54 Å². The minimum absolute atomic E-state index is 0.0189. The number of nitrogens with one attached hydrogen (secondary N) is 3. The molecule has 0 heterocycles. The molecule has 10 N–H and O–H groups in total. The van der Waals surface area contributed by atoms with Crippen molar-refractivity contribution in [3.05, 3.63) is 0 Å². The van der Waals surface area contributed by atoms with Crippen molar-refractivity contribution in [2.24, 2.45) is 23.1 Å². The number of carboxylic acid groups (broad SMARTS) is 1. The van der Waals surface area contributed by atoms with E-state index in [2.05, 4.69) is 16.0 Å². The summed E-state index contributed by atoms with van der Waals surface area (Å²) < 4.78 is 0. The van der Waals surface area contributed by atoms with Crippen molar-refractivity contribution in [2.45, 2.75) is 77.0 Å². The Bertz CT molecular complexity index is 641. The molecule has 0 fully saturated rings. The number of carboxylic acids is 1. The number of unbranched alkanes of at least 4 members (excludes halogenated alkanes) is 1. The normalized spacial score (nSPS) is 14.8. The van der Waals surface area contributed by atoms with Crippen molar-refractivity contribution >= 4 is 29.6 Å². The lowest BCUT2D eigenvalue weighted by molar-refractivity contribution is -0.142. The summed E-state index contributed by atoms with van der Waals surface area (Å²) >= 11 is 0. The summed E-state index contributed by atoms with van der Waals surface area (Å²) in [6.45, 7) is 5.40. The molecule has 31 heavy (non-hydrogen) atoms. The van der Waals surface area contributed by atoms with Crippen LogP contribution in [0.2, 0.25) is 0 Å². The summed E-state index contributed by atoms with van der Waals surface area (Å²) in [4.78, 5) is 59.6. The third-order valence-electron chi connectivity index (χ3n) is 4.41. The molecule has 0 saturated carbocycles. The molecule has 0 aromatic rings. The van der Waals surface area contributed by atoms with Crippen LogP contribution in [-0.2, 0) is 24.0 Å². The van der Waals surface area contributed by atoms with E-state index in [1.54, 1.807) is 0 Å². The number of hydrogen-bond donors (Lipinski definition) is 7. The zero-order chi connectivity index (χ0) is 24.1. The van der Waals surface area contributed by atoms with Gasteiger partial charge < -0.3 is 38.3 Å². The summed E-state index contributed by atoms with van der Waals surface area (Å²) in [5, 5.41) is 16.4. The largest absolute Gasteiger partial charge is 0.480 e. The second kappa shape index (κ2) is 14.3. The fraction of sp³-hybridized carbons (Fsp3) is 0.737. The third-order valence-corrected chi connectivity index (χ3v) is 4.41. The van der Waals surface area contributed by atoms with Crippen LogP contribution in [0, 0.1) is 5.92 Å². The van der Waals surface area contributed by atoms with Gasteiger partial charge in [0.1, 0.15) is 18.1 Å². The van der Waals surface area contributed by atoms with E-state index in [9.17, 15) is 24.0 Å². The third kappa shape index (κ3) is 11.9. The lowest BCUT2D eigenvalue weighted by Gasteiger charge is -2.25. The first-order valence-corrected chi connectivity index (χ1v) is 10.3. The van der Waals surface area contributed by atoms with Crippen molar-refractivity contribution < 1.29 is 29.1 Å². The van der Waals surface area contributed by atoms with Crippen molar-refractivity contribution in [3.8, 4) is 0 Å². The maximum absolute atomic E-state index is 12.8. The van der Waals surface area contributed by atoms with Gasteiger partial charge in [0.25, 0.3) is 0 Å². The molecule has 0 aromatic carbocycles. The molecule has 0 radical (unpaired) electrons. The van der Waals surface area contributed by atoms with E-state index < -0.39 is 53.8 Å². The first-order chi connectivity index (χ1) is 14.4. The fourth-order valence-electron chi connectivity index (χ4n) is 2.70. The molecule has 178 valence electrons. The standard InChI is InChI=1S/C19H36N6O6/c1-10(2)8-14(18(29)23-11(3)19(30)31)25-17(28)13(6-4-5-7-20)24-16(27)12(21)9-15(22)26/h10-14H,4-9,20-21H2,1-3H3,(H2,22,26)(H,23,29)(H,24,27)(H,25,28)(H,30,31). The molecule has 4 atom stereocenters. The van der Waals surface area contributed by atoms with Crippen molar-refractivity contribution in [1.29, 1.82) is 0 Å². The Kier molecular flexibility index (Phi) is 13.0. The van der Waals surface area contributed by atoms with Gasteiger partial charge in [-0.2, -0.15) is 0 Å². The first kappa shape index (κ1) is 28.3. The predicted molar refractivity (Wildman–Crippen MR) is 113 cm³/mol. The molecule has 0 saturated heterocycles. The van der Waals surface area contributed by atoms with Crippen LogP contribution in [0.1, 0.15) is 52.9 Å². The van der Waals surface area contributed by atoms with Crippen LogP contribution in [0.25, 0.3) is 0 Å². The topological polar surface area (TPSA) is 220 Å². The summed E-state index contributed by atoms with van der Waals surface area (Å²) in [6.07, 6.45) is 1.25. The number of carbonyl (C=O) groups excluding carboxylic acids is 4. The van der Waals surface area contributed by atoms with Crippen LogP contribution in [0.4, 0.5) is 0 Å². The number of rotatable bonds is 15. The Morgan fingerprint density at radius 2 is 1.42 bits per heavy atom. The van der Waals surface area contributed by atoms with Gasteiger partial charge in [0.15, 0.2) is 0 Å². The van der Waals surface area contributed by atoms with Gasteiger partial charge in [-0.3, -0.25) is 24.0 Å². The molecule has 0 aliphatic carbocycles. The van der Waals surface area contributed by atoms with Crippen LogP contribution >= 0.6 is 0 Å². The molecule has 0 bridgehead atoms. The average Bonchev–Trinajstić information content (AvgIpc) is 2.65. The minimum atomic E-state index is -1.21. The maximum atomic E-state index is 12.8. The van der Waals surface area contributed by atoms with Crippen molar-refractivity contribution in [1.82, 2.24) is 16.0 Å². The Hall–Kier alpha value is -2.73. The molecule has 0 aliphatic rings. The van der Waals surface area contributed by atoms with Gasteiger partial charge in [-0.15, -0.1) is 0 Å². The predicted octanol–water partition coefficient (Wildman–Crippen LogP) is -2.08. The lowest BCUT2D eigenvalue weighted by atomic mass is 10.0. The van der Waals surface area contributed by atoms with Gasteiger partial charge in [0.2, 0.25) is 23.6 Å². The number of primary amides is 1. The minimum Gasteiger partial charge on any atom is -0.480 e. The molecule has 4 amide bonds. The molecule has 12 nitrogen and oxygen atoms in total. The fourth-order valence-corrected chi connectivity index (χ4v) is 2.70. The highest BCUT2D eigenvalue weighted by atomic mass is 16.4. The average molecular weight is 445 g/mol.